The predicted octanol–water partition coefficient (Wildman–Crippen LogP) is 0.954. The zero-order chi connectivity index (χ0) is 15.5. The standard InChI is InChI=1S/C13H20F3NO4/c14-13(15,16)8-21-7-12(19)17-4-5-20-6-10(17)9-2-1-3-11(9)18/h9-11,18H,1-8H2/t9-,10-,11+/m1/s1. The summed E-state index contributed by atoms with van der Waals surface area (Å²) in [6.07, 6.45) is -2.56. The summed E-state index contributed by atoms with van der Waals surface area (Å²) < 4.78 is 45.8. The Morgan fingerprint density at radius 1 is 1.38 bits per heavy atom. The fraction of sp³-hybridized carbons (Fsp3) is 0.923. The maximum absolute atomic E-state index is 12.1. The van der Waals surface area contributed by atoms with Crippen molar-refractivity contribution in [3.63, 3.8) is 0 Å². The molecule has 1 N–H and O–H groups in total. The van der Waals surface area contributed by atoms with Crippen molar-refractivity contribution >= 4 is 5.91 Å². The molecule has 1 heterocycles. The SMILES string of the molecule is O=C(COCC(F)(F)F)N1CCOC[C@@H]1[C@H]1CCC[C@@H]1O. The largest absolute Gasteiger partial charge is 0.411 e. The van der Waals surface area contributed by atoms with Crippen LogP contribution in [0.5, 0.6) is 0 Å². The van der Waals surface area contributed by atoms with E-state index < -0.39 is 31.4 Å². The van der Waals surface area contributed by atoms with Crippen molar-refractivity contribution in [2.45, 2.75) is 37.6 Å². The van der Waals surface area contributed by atoms with Crippen LogP contribution in [0.25, 0.3) is 0 Å². The van der Waals surface area contributed by atoms with E-state index in [0.717, 1.165) is 12.8 Å². The molecule has 21 heavy (non-hydrogen) atoms. The van der Waals surface area contributed by atoms with Gasteiger partial charge in [-0.2, -0.15) is 13.2 Å². The molecule has 2 fully saturated rings. The Bertz CT molecular complexity index is 364. The monoisotopic (exact) mass is 311 g/mol. The van der Waals surface area contributed by atoms with Gasteiger partial charge in [-0.3, -0.25) is 4.79 Å². The molecule has 122 valence electrons. The van der Waals surface area contributed by atoms with E-state index in [1.165, 1.54) is 4.90 Å². The number of rotatable bonds is 4. The number of aliphatic hydroxyl groups excluding tert-OH is 1. The molecule has 2 aliphatic rings. The maximum atomic E-state index is 12.1. The Hall–Kier alpha value is -0.860. The van der Waals surface area contributed by atoms with Gasteiger partial charge in [0.1, 0.15) is 13.2 Å². The number of carbonyl (C=O) groups excluding carboxylic acids is 1. The van der Waals surface area contributed by atoms with Gasteiger partial charge in [-0.25, -0.2) is 0 Å². The number of amides is 1. The lowest BCUT2D eigenvalue weighted by Crippen LogP contribution is -2.54. The Balaban J connectivity index is 1.90. The molecular formula is C13H20F3NO4. The minimum Gasteiger partial charge on any atom is -0.393 e. The fourth-order valence-electron chi connectivity index (χ4n) is 3.04. The number of halogens is 3. The van der Waals surface area contributed by atoms with E-state index in [1.807, 2.05) is 0 Å². The van der Waals surface area contributed by atoms with Crippen LogP contribution >= 0.6 is 0 Å². The van der Waals surface area contributed by atoms with Crippen LogP contribution in [-0.4, -0.2) is 67.2 Å². The minimum absolute atomic E-state index is 0.0723. The highest BCUT2D eigenvalue weighted by atomic mass is 19.4. The third kappa shape index (κ3) is 4.55. The zero-order valence-electron chi connectivity index (χ0n) is 11.6. The molecule has 5 nitrogen and oxygen atoms in total. The van der Waals surface area contributed by atoms with E-state index in [-0.39, 0.29) is 12.0 Å². The van der Waals surface area contributed by atoms with E-state index in [0.29, 0.717) is 26.2 Å². The molecular weight excluding hydrogens is 291 g/mol. The van der Waals surface area contributed by atoms with Crippen LogP contribution in [0.15, 0.2) is 0 Å². The third-order valence-corrected chi connectivity index (χ3v) is 4.00. The number of hydrogen-bond donors (Lipinski definition) is 1. The molecule has 1 saturated heterocycles. The second kappa shape index (κ2) is 6.93. The molecule has 3 atom stereocenters. The van der Waals surface area contributed by atoms with Crippen LogP contribution in [0.3, 0.4) is 0 Å². The van der Waals surface area contributed by atoms with Crippen LogP contribution in [0.1, 0.15) is 19.3 Å². The van der Waals surface area contributed by atoms with Gasteiger partial charge < -0.3 is 19.5 Å². The van der Waals surface area contributed by atoms with Crippen molar-refractivity contribution in [1.29, 1.82) is 0 Å². The van der Waals surface area contributed by atoms with Gasteiger partial charge in [0.25, 0.3) is 0 Å². The highest BCUT2D eigenvalue weighted by Crippen LogP contribution is 2.32. The quantitative estimate of drug-likeness (QED) is 0.840. The van der Waals surface area contributed by atoms with E-state index in [2.05, 4.69) is 4.74 Å². The van der Waals surface area contributed by atoms with Crippen LogP contribution in [-0.2, 0) is 14.3 Å². The highest BCUT2D eigenvalue weighted by molar-refractivity contribution is 5.78. The predicted molar refractivity (Wildman–Crippen MR) is 66.5 cm³/mol. The molecule has 0 radical (unpaired) electrons. The van der Waals surface area contributed by atoms with Gasteiger partial charge in [0, 0.05) is 12.5 Å². The summed E-state index contributed by atoms with van der Waals surface area (Å²) >= 11 is 0. The molecule has 8 heteroatoms. The Labute approximate surface area is 121 Å². The molecule has 0 aromatic rings. The zero-order valence-corrected chi connectivity index (χ0v) is 11.6. The molecule has 1 aliphatic heterocycles. The van der Waals surface area contributed by atoms with Crippen molar-refractivity contribution in [3.05, 3.63) is 0 Å². The lowest BCUT2D eigenvalue weighted by molar-refractivity contribution is -0.180. The van der Waals surface area contributed by atoms with E-state index in [4.69, 9.17) is 4.74 Å². The molecule has 0 bridgehead atoms. The number of morpholine rings is 1. The summed E-state index contributed by atoms with van der Waals surface area (Å²) in [4.78, 5) is 13.6. The summed E-state index contributed by atoms with van der Waals surface area (Å²) in [5, 5.41) is 9.95. The first kappa shape index (κ1) is 16.5. The summed E-state index contributed by atoms with van der Waals surface area (Å²) in [6, 6.07) is -0.279. The number of alkyl halides is 3. The van der Waals surface area contributed by atoms with Gasteiger partial charge in [0.05, 0.1) is 25.4 Å². The summed E-state index contributed by atoms with van der Waals surface area (Å²) in [5.41, 5.74) is 0. The van der Waals surface area contributed by atoms with Gasteiger partial charge in [0.2, 0.25) is 5.91 Å². The summed E-state index contributed by atoms with van der Waals surface area (Å²) in [5.74, 6) is -0.552. The number of ether oxygens (including phenoxy) is 2. The Kier molecular flexibility index (Phi) is 5.45. The molecule has 0 aromatic carbocycles. The van der Waals surface area contributed by atoms with E-state index in [9.17, 15) is 23.1 Å². The Morgan fingerprint density at radius 2 is 2.14 bits per heavy atom. The van der Waals surface area contributed by atoms with Gasteiger partial charge in [-0.05, 0) is 12.8 Å². The lowest BCUT2D eigenvalue weighted by Gasteiger charge is -2.40. The molecule has 2 rings (SSSR count). The third-order valence-electron chi connectivity index (χ3n) is 4.00. The van der Waals surface area contributed by atoms with Crippen molar-refractivity contribution in [3.8, 4) is 0 Å². The number of carbonyl (C=O) groups is 1. The number of aliphatic hydroxyl groups is 1. The second-order valence-electron chi connectivity index (χ2n) is 5.50. The molecule has 0 spiro atoms. The minimum atomic E-state index is -4.44. The van der Waals surface area contributed by atoms with Crippen molar-refractivity contribution in [2.75, 3.05) is 33.0 Å². The first-order chi connectivity index (χ1) is 9.88. The van der Waals surface area contributed by atoms with Gasteiger partial charge >= 0.3 is 6.18 Å². The number of hydrogen-bond acceptors (Lipinski definition) is 4. The molecule has 1 aliphatic carbocycles. The summed E-state index contributed by atoms with van der Waals surface area (Å²) in [6.45, 7) is -1.04. The van der Waals surface area contributed by atoms with Crippen LogP contribution < -0.4 is 0 Å². The molecule has 1 saturated carbocycles. The van der Waals surface area contributed by atoms with Gasteiger partial charge in [-0.15, -0.1) is 0 Å². The van der Waals surface area contributed by atoms with Crippen LogP contribution in [0.4, 0.5) is 13.2 Å². The Morgan fingerprint density at radius 3 is 2.76 bits per heavy atom. The van der Waals surface area contributed by atoms with E-state index >= 15 is 0 Å². The summed E-state index contributed by atoms with van der Waals surface area (Å²) in [7, 11) is 0. The molecule has 1 amide bonds. The number of nitrogens with zero attached hydrogens (tertiary/aromatic N) is 1. The normalized spacial score (nSPS) is 30.7. The van der Waals surface area contributed by atoms with Crippen molar-refractivity contribution in [1.82, 2.24) is 4.90 Å². The van der Waals surface area contributed by atoms with Crippen LogP contribution in [0.2, 0.25) is 0 Å². The van der Waals surface area contributed by atoms with Crippen molar-refractivity contribution < 1.29 is 32.5 Å². The molecule has 0 aromatic heterocycles. The average molecular weight is 311 g/mol. The molecule has 0 unspecified atom stereocenters. The van der Waals surface area contributed by atoms with E-state index in [1.54, 1.807) is 0 Å². The van der Waals surface area contributed by atoms with Crippen molar-refractivity contribution in [2.24, 2.45) is 5.92 Å². The highest BCUT2D eigenvalue weighted by Gasteiger charge is 2.39. The van der Waals surface area contributed by atoms with Gasteiger partial charge in [0.15, 0.2) is 0 Å². The fourth-order valence-corrected chi connectivity index (χ4v) is 3.04. The lowest BCUT2D eigenvalue weighted by atomic mass is 9.94. The van der Waals surface area contributed by atoms with Gasteiger partial charge in [-0.1, -0.05) is 6.42 Å². The smallest absolute Gasteiger partial charge is 0.393 e. The average Bonchev–Trinajstić information content (AvgIpc) is 2.83. The first-order valence-electron chi connectivity index (χ1n) is 7.08. The maximum Gasteiger partial charge on any atom is 0.411 e. The first-order valence-corrected chi connectivity index (χ1v) is 7.08. The second-order valence-corrected chi connectivity index (χ2v) is 5.50. The topological polar surface area (TPSA) is 59.0 Å². The van der Waals surface area contributed by atoms with Crippen LogP contribution in [0, 0.1) is 5.92 Å².